The largest absolute Gasteiger partial charge is 0.493 e. The molecule has 6 heteroatoms. The maximum absolute atomic E-state index is 12.2. The summed E-state index contributed by atoms with van der Waals surface area (Å²) < 4.78 is 15.6. The van der Waals surface area contributed by atoms with Crippen LogP contribution in [0.1, 0.15) is 29.6 Å². The first-order valence-electron chi connectivity index (χ1n) is 6.83. The Labute approximate surface area is 124 Å². The van der Waals surface area contributed by atoms with Crippen molar-refractivity contribution in [1.29, 1.82) is 0 Å². The van der Waals surface area contributed by atoms with Gasteiger partial charge < -0.3 is 24.6 Å². The molecule has 2 N–H and O–H groups in total. The summed E-state index contributed by atoms with van der Waals surface area (Å²) >= 11 is 0. The van der Waals surface area contributed by atoms with Crippen molar-refractivity contribution in [3.63, 3.8) is 0 Å². The van der Waals surface area contributed by atoms with Crippen LogP contribution in [0.5, 0.6) is 17.2 Å². The Morgan fingerprint density at radius 1 is 1.19 bits per heavy atom. The molecule has 1 aromatic rings. The van der Waals surface area contributed by atoms with Gasteiger partial charge in [0.25, 0.3) is 5.91 Å². The van der Waals surface area contributed by atoms with Crippen LogP contribution in [-0.4, -0.2) is 44.5 Å². The summed E-state index contributed by atoms with van der Waals surface area (Å²) in [6.45, 7) is 0.252. The summed E-state index contributed by atoms with van der Waals surface area (Å²) in [5.41, 5.74) is -0.358. The van der Waals surface area contributed by atoms with E-state index in [0.717, 1.165) is 19.3 Å². The Bertz CT molecular complexity index is 500. The lowest BCUT2D eigenvalue weighted by molar-refractivity contribution is -0.0300. The van der Waals surface area contributed by atoms with Gasteiger partial charge in [-0.05, 0) is 31.4 Å². The molecule has 0 radical (unpaired) electrons. The standard InChI is InChI=1S/C15H21NO5/c1-19-11-7-10(8-12(20-2)13(11)21-3)14(17)16-9-15(18)5-4-6-15/h7-8,18H,4-6,9H2,1-3H3,(H,16,17). The molecule has 0 spiro atoms. The van der Waals surface area contributed by atoms with Gasteiger partial charge in [0.15, 0.2) is 11.5 Å². The molecule has 6 nitrogen and oxygen atoms in total. The average molecular weight is 295 g/mol. The normalized spacial score (nSPS) is 15.8. The zero-order valence-corrected chi connectivity index (χ0v) is 12.6. The zero-order valence-electron chi connectivity index (χ0n) is 12.6. The van der Waals surface area contributed by atoms with Gasteiger partial charge in [0.2, 0.25) is 5.75 Å². The van der Waals surface area contributed by atoms with Gasteiger partial charge in [-0.3, -0.25) is 4.79 Å². The Balaban J connectivity index is 2.16. The molecule has 1 saturated carbocycles. The van der Waals surface area contributed by atoms with Crippen LogP contribution in [-0.2, 0) is 0 Å². The molecule has 1 amide bonds. The van der Waals surface area contributed by atoms with Crippen LogP contribution in [0, 0.1) is 0 Å². The first-order valence-corrected chi connectivity index (χ1v) is 6.83. The number of methoxy groups -OCH3 is 3. The van der Waals surface area contributed by atoms with Crippen molar-refractivity contribution in [1.82, 2.24) is 5.32 Å². The van der Waals surface area contributed by atoms with Gasteiger partial charge in [0.05, 0.1) is 26.9 Å². The minimum absolute atomic E-state index is 0.252. The third-order valence-electron chi connectivity index (χ3n) is 3.79. The van der Waals surface area contributed by atoms with Crippen LogP contribution >= 0.6 is 0 Å². The van der Waals surface area contributed by atoms with Crippen molar-refractivity contribution in [2.24, 2.45) is 0 Å². The van der Waals surface area contributed by atoms with E-state index in [4.69, 9.17) is 14.2 Å². The van der Waals surface area contributed by atoms with Gasteiger partial charge in [-0.15, -0.1) is 0 Å². The van der Waals surface area contributed by atoms with Gasteiger partial charge >= 0.3 is 0 Å². The molecular formula is C15H21NO5. The third kappa shape index (κ3) is 3.21. The number of amides is 1. The lowest BCUT2D eigenvalue weighted by Crippen LogP contribution is -2.47. The third-order valence-corrected chi connectivity index (χ3v) is 3.79. The summed E-state index contributed by atoms with van der Waals surface area (Å²) in [5.74, 6) is 0.998. The number of carbonyl (C=O) groups excluding carboxylic acids is 1. The Kier molecular flexibility index (Phi) is 4.57. The smallest absolute Gasteiger partial charge is 0.251 e. The first-order chi connectivity index (χ1) is 10.0. The predicted molar refractivity (Wildman–Crippen MR) is 77.2 cm³/mol. The summed E-state index contributed by atoms with van der Waals surface area (Å²) in [4.78, 5) is 12.2. The summed E-state index contributed by atoms with van der Waals surface area (Å²) in [5, 5.41) is 12.7. The van der Waals surface area contributed by atoms with E-state index in [1.165, 1.54) is 21.3 Å². The van der Waals surface area contributed by atoms with E-state index in [-0.39, 0.29) is 12.5 Å². The second kappa shape index (κ2) is 6.22. The fourth-order valence-corrected chi connectivity index (χ4v) is 2.32. The SMILES string of the molecule is COc1cc(C(=O)NCC2(O)CCC2)cc(OC)c1OC. The zero-order chi connectivity index (χ0) is 15.5. The molecule has 1 fully saturated rings. The maximum atomic E-state index is 12.2. The summed E-state index contributed by atoms with van der Waals surface area (Å²) in [6.07, 6.45) is 2.45. The van der Waals surface area contributed by atoms with Crippen molar-refractivity contribution in [2.45, 2.75) is 24.9 Å². The molecule has 0 heterocycles. The average Bonchev–Trinajstić information content (AvgIpc) is 2.48. The van der Waals surface area contributed by atoms with Crippen molar-refractivity contribution >= 4 is 5.91 Å². The molecule has 0 unspecified atom stereocenters. The van der Waals surface area contributed by atoms with Crippen LogP contribution in [0.25, 0.3) is 0 Å². The van der Waals surface area contributed by atoms with Crippen LogP contribution < -0.4 is 19.5 Å². The van der Waals surface area contributed by atoms with Gasteiger partial charge in [0.1, 0.15) is 0 Å². The first kappa shape index (κ1) is 15.4. The van der Waals surface area contributed by atoms with Crippen LogP contribution in [0.15, 0.2) is 12.1 Å². The van der Waals surface area contributed by atoms with E-state index in [2.05, 4.69) is 5.32 Å². The fourth-order valence-electron chi connectivity index (χ4n) is 2.32. The number of aliphatic hydroxyl groups is 1. The number of ether oxygens (including phenoxy) is 3. The van der Waals surface area contributed by atoms with Gasteiger partial charge in [-0.25, -0.2) is 0 Å². The molecule has 0 bridgehead atoms. The van der Waals surface area contributed by atoms with Crippen molar-refractivity contribution in [2.75, 3.05) is 27.9 Å². The van der Waals surface area contributed by atoms with E-state index in [1.807, 2.05) is 0 Å². The fraction of sp³-hybridized carbons (Fsp3) is 0.533. The summed E-state index contributed by atoms with van der Waals surface area (Å²) in [6, 6.07) is 3.17. The van der Waals surface area contributed by atoms with Gasteiger partial charge in [-0.1, -0.05) is 0 Å². The highest BCUT2D eigenvalue weighted by atomic mass is 16.5. The molecule has 116 valence electrons. The number of rotatable bonds is 6. The molecule has 0 aliphatic heterocycles. The highest BCUT2D eigenvalue weighted by Crippen LogP contribution is 2.38. The Morgan fingerprint density at radius 2 is 1.76 bits per heavy atom. The molecule has 1 aliphatic rings. The van der Waals surface area contributed by atoms with E-state index in [0.29, 0.717) is 22.8 Å². The predicted octanol–water partition coefficient (Wildman–Crippen LogP) is 1.36. The van der Waals surface area contributed by atoms with E-state index in [1.54, 1.807) is 12.1 Å². The minimum Gasteiger partial charge on any atom is -0.493 e. The molecule has 1 aromatic carbocycles. The number of hydrogen-bond acceptors (Lipinski definition) is 5. The second-order valence-corrected chi connectivity index (χ2v) is 5.17. The highest BCUT2D eigenvalue weighted by molar-refractivity contribution is 5.95. The number of benzene rings is 1. The van der Waals surface area contributed by atoms with Gasteiger partial charge in [-0.2, -0.15) is 0 Å². The van der Waals surface area contributed by atoms with Crippen LogP contribution in [0.2, 0.25) is 0 Å². The monoisotopic (exact) mass is 295 g/mol. The quantitative estimate of drug-likeness (QED) is 0.828. The molecule has 1 aliphatic carbocycles. The van der Waals surface area contributed by atoms with Crippen molar-refractivity contribution in [3.8, 4) is 17.2 Å². The Morgan fingerprint density at radius 3 is 2.14 bits per heavy atom. The number of carbonyl (C=O) groups is 1. The van der Waals surface area contributed by atoms with Crippen LogP contribution in [0.3, 0.4) is 0 Å². The molecule has 0 aromatic heterocycles. The van der Waals surface area contributed by atoms with Crippen LogP contribution in [0.4, 0.5) is 0 Å². The van der Waals surface area contributed by atoms with E-state index < -0.39 is 5.60 Å². The van der Waals surface area contributed by atoms with E-state index >= 15 is 0 Å². The lowest BCUT2D eigenvalue weighted by Gasteiger charge is -2.36. The number of hydrogen-bond donors (Lipinski definition) is 2. The Hall–Kier alpha value is -1.95. The van der Waals surface area contributed by atoms with Crippen molar-refractivity contribution in [3.05, 3.63) is 17.7 Å². The lowest BCUT2D eigenvalue weighted by atomic mass is 9.80. The maximum Gasteiger partial charge on any atom is 0.251 e. The number of nitrogens with one attached hydrogen (secondary N) is 1. The topological polar surface area (TPSA) is 77.0 Å². The van der Waals surface area contributed by atoms with Crippen molar-refractivity contribution < 1.29 is 24.1 Å². The molecule has 21 heavy (non-hydrogen) atoms. The summed E-state index contributed by atoms with van der Waals surface area (Å²) in [7, 11) is 4.50. The van der Waals surface area contributed by atoms with Gasteiger partial charge in [0, 0.05) is 12.1 Å². The molecule has 0 saturated heterocycles. The highest BCUT2D eigenvalue weighted by Gasteiger charge is 2.34. The minimum atomic E-state index is -0.754. The van der Waals surface area contributed by atoms with E-state index in [9.17, 15) is 9.90 Å². The molecule has 0 atom stereocenters. The molecular weight excluding hydrogens is 274 g/mol. The molecule has 2 rings (SSSR count). The second-order valence-electron chi connectivity index (χ2n) is 5.17.